The van der Waals surface area contributed by atoms with E-state index in [2.05, 4.69) is 24.2 Å². The third kappa shape index (κ3) is 2.66. The van der Waals surface area contributed by atoms with Crippen LogP contribution in [-0.4, -0.2) is 35.6 Å². The van der Waals surface area contributed by atoms with Gasteiger partial charge in [-0.1, -0.05) is 0 Å². The molecular weight excluding hydrogens is 278 g/mol. The van der Waals surface area contributed by atoms with Crippen molar-refractivity contribution in [3.8, 4) is 0 Å². The van der Waals surface area contributed by atoms with Gasteiger partial charge in [0.05, 0.1) is 11.2 Å². The highest BCUT2D eigenvalue weighted by Crippen LogP contribution is 2.42. The summed E-state index contributed by atoms with van der Waals surface area (Å²) in [5.41, 5.74) is 1.58. The molecule has 2 unspecified atom stereocenters. The van der Waals surface area contributed by atoms with Crippen molar-refractivity contribution in [3.05, 3.63) is 15.6 Å². The molecule has 1 aliphatic heterocycles. The van der Waals surface area contributed by atoms with Gasteiger partial charge < -0.3 is 10.2 Å². The first-order valence-corrected chi connectivity index (χ1v) is 9.45. The molecule has 2 heterocycles. The van der Waals surface area contributed by atoms with E-state index in [-0.39, 0.29) is 5.54 Å². The van der Waals surface area contributed by atoms with Gasteiger partial charge in [-0.2, -0.15) is 0 Å². The summed E-state index contributed by atoms with van der Waals surface area (Å²) in [6.45, 7) is 3.56. The van der Waals surface area contributed by atoms with Crippen LogP contribution in [0, 0.1) is 0 Å². The molecule has 1 aromatic heterocycles. The van der Waals surface area contributed by atoms with E-state index in [1.54, 1.807) is 4.88 Å². The molecule has 21 heavy (non-hydrogen) atoms. The van der Waals surface area contributed by atoms with E-state index in [9.17, 15) is 0 Å². The van der Waals surface area contributed by atoms with Crippen LogP contribution in [0.25, 0.3) is 0 Å². The summed E-state index contributed by atoms with van der Waals surface area (Å²) in [5.74, 6) is 0. The van der Waals surface area contributed by atoms with Gasteiger partial charge in [-0.05, 0) is 65.3 Å². The predicted molar refractivity (Wildman–Crippen MR) is 87.9 cm³/mol. The van der Waals surface area contributed by atoms with E-state index in [0.717, 1.165) is 6.04 Å². The average Bonchev–Trinajstić information content (AvgIpc) is 3.17. The second-order valence-electron chi connectivity index (χ2n) is 7.38. The Morgan fingerprint density at radius 2 is 2.10 bits per heavy atom. The molecule has 116 valence electrons. The number of likely N-dealkylation sites (tertiary alicyclic amines) is 1. The lowest BCUT2D eigenvalue weighted by Crippen LogP contribution is -2.54. The summed E-state index contributed by atoms with van der Waals surface area (Å²) < 4.78 is 0. The minimum atomic E-state index is 0.162. The van der Waals surface area contributed by atoms with Crippen LogP contribution in [0.3, 0.4) is 0 Å². The van der Waals surface area contributed by atoms with Gasteiger partial charge >= 0.3 is 0 Å². The zero-order valence-electron chi connectivity index (χ0n) is 13.3. The summed E-state index contributed by atoms with van der Waals surface area (Å²) in [7, 11) is 2.26. The Bertz CT molecular complexity index is 499. The fraction of sp³-hybridized carbons (Fsp3) is 0.824. The topological polar surface area (TPSA) is 28.2 Å². The van der Waals surface area contributed by atoms with Gasteiger partial charge in [0.2, 0.25) is 0 Å². The molecule has 4 rings (SSSR count). The van der Waals surface area contributed by atoms with Gasteiger partial charge in [0.1, 0.15) is 5.01 Å². The standard InChI is InChI=1S/C17H27N3S/c1-12-11-17(9-10-20(12)2,19-13-7-8-13)16-18-14-5-3-4-6-15(14)21-16/h12-13,19H,3-11H2,1-2H3. The van der Waals surface area contributed by atoms with Crippen LogP contribution in [0.15, 0.2) is 0 Å². The van der Waals surface area contributed by atoms with Crippen molar-refractivity contribution in [2.45, 2.75) is 75.9 Å². The molecule has 1 N–H and O–H groups in total. The molecule has 2 atom stereocenters. The summed E-state index contributed by atoms with van der Waals surface area (Å²) >= 11 is 2.02. The van der Waals surface area contributed by atoms with Crippen LogP contribution >= 0.6 is 11.3 Å². The third-order valence-electron chi connectivity index (χ3n) is 5.60. The Labute approximate surface area is 132 Å². The molecule has 1 aromatic rings. The number of rotatable bonds is 3. The minimum absolute atomic E-state index is 0.162. The van der Waals surface area contributed by atoms with Gasteiger partial charge in [0.15, 0.2) is 0 Å². The molecule has 0 aromatic carbocycles. The van der Waals surface area contributed by atoms with Crippen LogP contribution in [0.1, 0.15) is 61.0 Å². The molecule has 0 radical (unpaired) electrons. The van der Waals surface area contributed by atoms with Crippen molar-refractivity contribution < 1.29 is 0 Å². The molecule has 1 saturated carbocycles. The van der Waals surface area contributed by atoms with E-state index >= 15 is 0 Å². The van der Waals surface area contributed by atoms with Crippen LogP contribution in [0.2, 0.25) is 0 Å². The first-order valence-electron chi connectivity index (χ1n) is 8.63. The second kappa shape index (κ2) is 5.32. The Morgan fingerprint density at radius 1 is 1.29 bits per heavy atom. The van der Waals surface area contributed by atoms with E-state index in [4.69, 9.17) is 4.98 Å². The van der Waals surface area contributed by atoms with Crippen LogP contribution < -0.4 is 5.32 Å². The Kier molecular flexibility index (Phi) is 3.59. The van der Waals surface area contributed by atoms with E-state index in [1.807, 2.05) is 11.3 Å². The zero-order chi connectivity index (χ0) is 14.4. The molecular formula is C17H27N3S. The predicted octanol–water partition coefficient (Wildman–Crippen LogP) is 3.08. The molecule has 0 bridgehead atoms. The number of thiazole rings is 1. The van der Waals surface area contributed by atoms with Gasteiger partial charge in [-0.25, -0.2) is 4.98 Å². The normalized spacial score (nSPS) is 33.9. The maximum atomic E-state index is 5.12. The van der Waals surface area contributed by atoms with Gasteiger partial charge in [-0.3, -0.25) is 0 Å². The number of fused-ring (bicyclic) bond motifs is 1. The molecule has 2 aliphatic carbocycles. The summed E-state index contributed by atoms with van der Waals surface area (Å²) in [6, 6.07) is 1.40. The largest absolute Gasteiger partial charge is 0.304 e. The van der Waals surface area contributed by atoms with Gasteiger partial charge in [0.25, 0.3) is 0 Å². The summed E-state index contributed by atoms with van der Waals surface area (Å²) in [4.78, 5) is 9.21. The van der Waals surface area contributed by atoms with Crippen molar-refractivity contribution >= 4 is 11.3 Å². The van der Waals surface area contributed by atoms with E-state index < -0.39 is 0 Å². The lowest BCUT2D eigenvalue weighted by molar-refractivity contribution is 0.104. The monoisotopic (exact) mass is 305 g/mol. The first kappa shape index (κ1) is 14.2. The number of nitrogens with one attached hydrogen (secondary N) is 1. The maximum absolute atomic E-state index is 5.12. The Balaban J connectivity index is 1.66. The second-order valence-corrected chi connectivity index (χ2v) is 8.46. The third-order valence-corrected chi connectivity index (χ3v) is 6.96. The van der Waals surface area contributed by atoms with Gasteiger partial charge in [0, 0.05) is 23.5 Å². The van der Waals surface area contributed by atoms with Crippen molar-refractivity contribution in [1.82, 2.24) is 15.2 Å². The lowest BCUT2D eigenvalue weighted by atomic mass is 9.84. The Morgan fingerprint density at radius 3 is 2.81 bits per heavy atom. The number of nitrogens with zero attached hydrogens (tertiary/aromatic N) is 2. The molecule has 3 aliphatic rings. The van der Waals surface area contributed by atoms with E-state index in [1.165, 1.54) is 68.6 Å². The fourth-order valence-electron chi connectivity index (χ4n) is 3.91. The van der Waals surface area contributed by atoms with Crippen molar-refractivity contribution in [1.29, 1.82) is 0 Å². The molecule has 1 saturated heterocycles. The molecule has 0 amide bonds. The Hall–Kier alpha value is -0.450. The number of hydrogen-bond donors (Lipinski definition) is 1. The highest BCUT2D eigenvalue weighted by molar-refractivity contribution is 7.11. The molecule has 3 nitrogen and oxygen atoms in total. The zero-order valence-corrected chi connectivity index (χ0v) is 14.1. The average molecular weight is 305 g/mol. The SMILES string of the molecule is CC1CC(NC2CC2)(c2nc3c(s2)CCCC3)CCN1C. The van der Waals surface area contributed by atoms with Gasteiger partial charge in [-0.15, -0.1) is 11.3 Å². The van der Waals surface area contributed by atoms with Crippen LogP contribution in [0.5, 0.6) is 0 Å². The summed E-state index contributed by atoms with van der Waals surface area (Å²) in [6.07, 6.45) is 10.3. The number of aryl methyl sites for hydroxylation is 2. The number of aromatic nitrogens is 1. The number of hydrogen-bond acceptors (Lipinski definition) is 4. The van der Waals surface area contributed by atoms with Crippen molar-refractivity contribution in [3.63, 3.8) is 0 Å². The lowest BCUT2D eigenvalue weighted by Gasteiger charge is -2.44. The highest BCUT2D eigenvalue weighted by atomic mass is 32.1. The molecule has 4 heteroatoms. The highest BCUT2D eigenvalue weighted by Gasteiger charge is 2.44. The van der Waals surface area contributed by atoms with Crippen LogP contribution in [0.4, 0.5) is 0 Å². The quantitative estimate of drug-likeness (QED) is 0.930. The molecule has 0 spiro atoms. The maximum Gasteiger partial charge on any atom is 0.113 e. The smallest absolute Gasteiger partial charge is 0.113 e. The summed E-state index contributed by atoms with van der Waals surface area (Å²) in [5, 5.41) is 5.41. The molecule has 2 fully saturated rings. The minimum Gasteiger partial charge on any atom is -0.304 e. The fourth-order valence-corrected chi connectivity index (χ4v) is 5.25. The first-order chi connectivity index (χ1) is 10.2. The van der Waals surface area contributed by atoms with E-state index in [0.29, 0.717) is 6.04 Å². The van der Waals surface area contributed by atoms with Crippen LogP contribution in [-0.2, 0) is 18.4 Å². The number of piperidine rings is 1. The van der Waals surface area contributed by atoms with Crippen molar-refractivity contribution in [2.24, 2.45) is 0 Å². The van der Waals surface area contributed by atoms with Crippen molar-refractivity contribution in [2.75, 3.05) is 13.6 Å².